The standard InChI is InChI=1S/C27H27FNO5P/c1-17(2)27-22(11-12-35(33,34)16-21(30)14-26(31)32)23(20-9-10-24(28)18(3)13-20)15-25(29-27)19-7-5-4-6-8-19/h4-10,13,15,17,21,30H,14,16H2,1-3H3,(H,31,32)(H,33,34)/t21-/m0/s1. The second kappa shape index (κ2) is 11.0. The second-order valence-electron chi connectivity index (χ2n) is 8.67. The first-order valence-electron chi connectivity index (χ1n) is 11.1. The highest BCUT2D eigenvalue weighted by atomic mass is 31.2. The summed E-state index contributed by atoms with van der Waals surface area (Å²) in [4.78, 5) is 25.9. The molecular weight excluding hydrogens is 468 g/mol. The van der Waals surface area contributed by atoms with Gasteiger partial charge in [0.25, 0.3) is 7.37 Å². The number of aryl methyl sites for hydroxylation is 1. The van der Waals surface area contributed by atoms with Gasteiger partial charge in [0.05, 0.1) is 35.6 Å². The highest BCUT2D eigenvalue weighted by molar-refractivity contribution is 7.63. The van der Waals surface area contributed by atoms with Crippen molar-refractivity contribution in [3.8, 4) is 34.0 Å². The van der Waals surface area contributed by atoms with Gasteiger partial charge < -0.3 is 15.1 Å². The van der Waals surface area contributed by atoms with E-state index in [1.54, 1.807) is 19.1 Å². The number of carboxylic acid groups (broad SMARTS) is 1. The van der Waals surface area contributed by atoms with Crippen LogP contribution in [0.5, 0.6) is 0 Å². The Labute approximate surface area is 203 Å². The molecule has 0 bridgehead atoms. The van der Waals surface area contributed by atoms with Gasteiger partial charge in [0.15, 0.2) is 0 Å². The van der Waals surface area contributed by atoms with Gasteiger partial charge in [-0.1, -0.05) is 56.2 Å². The number of aliphatic hydroxyl groups is 1. The summed E-state index contributed by atoms with van der Waals surface area (Å²) >= 11 is 0. The lowest BCUT2D eigenvalue weighted by molar-refractivity contribution is -0.138. The number of carbonyl (C=O) groups is 1. The minimum atomic E-state index is -4.18. The lowest BCUT2D eigenvalue weighted by Gasteiger charge is -2.16. The molecule has 0 saturated carbocycles. The van der Waals surface area contributed by atoms with Gasteiger partial charge in [-0.25, -0.2) is 4.39 Å². The minimum Gasteiger partial charge on any atom is -0.481 e. The molecule has 1 heterocycles. The molecule has 35 heavy (non-hydrogen) atoms. The average molecular weight is 495 g/mol. The lowest BCUT2D eigenvalue weighted by Crippen LogP contribution is -2.17. The largest absolute Gasteiger partial charge is 0.481 e. The van der Waals surface area contributed by atoms with E-state index in [2.05, 4.69) is 11.6 Å². The molecule has 0 spiro atoms. The Morgan fingerprint density at radius 2 is 1.80 bits per heavy atom. The molecule has 1 unspecified atom stereocenters. The molecule has 3 rings (SSSR count). The highest BCUT2D eigenvalue weighted by Crippen LogP contribution is 2.41. The van der Waals surface area contributed by atoms with Gasteiger partial charge in [0.2, 0.25) is 0 Å². The summed E-state index contributed by atoms with van der Waals surface area (Å²) in [6.45, 7) is 5.51. The molecule has 0 radical (unpaired) electrons. The molecule has 6 nitrogen and oxygen atoms in total. The molecule has 0 saturated heterocycles. The Kier molecular flexibility index (Phi) is 8.24. The quantitative estimate of drug-likeness (QED) is 0.299. The van der Waals surface area contributed by atoms with Gasteiger partial charge in [0.1, 0.15) is 5.82 Å². The number of hydrogen-bond acceptors (Lipinski definition) is 4. The average Bonchev–Trinajstić information content (AvgIpc) is 2.78. The van der Waals surface area contributed by atoms with E-state index in [-0.39, 0.29) is 11.7 Å². The third kappa shape index (κ3) is 6.86. The van der Waals surface area contributed by atoms with Gasteiger partial charge in [-0.15, -0.1) is 0 Å². The number of halogens is 1. The maximum atomic E-state index is 14.0. The summed E-state index contributed by atoms with van der Waals surface area (Å²) in [5.41, 5.74) is 6.69. The number of aliphatic carboxylic acids is 1. The zero-order valence-electron chi connectivity index (χ0n) is 19.7. The molecule has 0 amide bonds. The van der Waals surface area contributed by atoms with Crippen molar-refractivity contribution in [3.05, 3.63) is 77.2 Å². The van der Waals surface area contributed by atoms with Crippen LogP contribution in [0.3, 0.4) is 0 Å². The maximum absolute atomic E-state index is 14.0. The molecular formula is C27H27FNO5P. The molecule has 2 aromatic carbocycles. The molecule has 1 aromatic heterocycles. The summed E-state index contributed by atoms with van der Waals surface area (Å²) in [6, 6.07) is 16.0. The summed E-state index contributed by atoms with van der Waals surface area (Å²) in [5, 5.41) is 18.6. The first-order valence-corrected chi connectivity index (χ1v) is 12.9. The van der Waals surface area contributed by atoms with Crippen molar-refractivity contribution in [2.45, 2.75) is 39.2 Å². The summed E-state index contributed by atoms with van der Waals surface area (Å²) < 4.78 is 26.7. The van der Waals surface area contributed by atoms with Crippen molar-refractivity contribution in [3.63, 3.8) is 0 Å². The van der Waals surface area contributed by atoms with E-state index in [9.17, 15) is 23.7 Å². The third-order valence-electron chi connectivity index (χ3n) is 5.36. The van der Waals surface area contributed by atoms with Crippen LogP contribution < -0.4 is 0 Å². The molecule has 2 atom stereocenters. The number of aromatic nitrogens is 1. The molecule has 8 heteroatoms. The van der Waals surface area contributed by atoms with Crippen LogP contribution in [-0.4, -0.2) is 38.3 Å². The van der Waals surface area contributed by atoms with Gasteiger partial charge in [-0.2, -0.15) is 0 Å². The van der Waals surface area contributed by atoms with E-state index in [1.165, 1.54) is 6.07 Å². The highest BCUT2D eigenvalue weighted by Gasteiger charge is 2.23. The fraction of sp³-hybridized carbons (Fsp3) is 0.259. The minimum absolute atomic E-state index is 0.0982. The van der Waals surface area contributed by atoms with Gasteiger partial charge in [-0.3, -0.25) is 14.3 Å². The third-order valence-corrected chi connectivity index (χ3v) is 6.73. The van der Waals surface area contributed by atoms with E-state index >= 15 is 0 Å². The summed E-state index contributed by atoms with van der Waals surface area (Å²) in [7, 11) is -4.18. The molecule has 182 valence electrons. The Balaban J connectivity index is 2.21. The fourth-order valence-corrected chi connectivity index (χ4v) is 4.73. The summed E-state index contributed by atoms with van der Waals surface area (Å²) in [5.74, 6) is 1.07. The molecule has 3 aromatic rings. The van der Waals surface area contributed by atoms with Gasteiger partial charge in [0, 0.05) is 11.1 Å². The van der Waals surface area contributed by atoms with Crippen molar-refractivity contribution in [1.82, 2.24) is 4.98 Å². The van der Waals surface area contributed by atoms with Crippen LogP contribution in [0.2, 0.25) is 0 Å². The first-order chi connectivity index (χ1) is 16.5. The molecule has 0 aliphatic heterocycles. The van der Waals surface area contributed by atoms with Gasteiger partial charge >= 0.3 is 5.97 Å². The van der Waals surface area contributed by atoms with E-state index in [0.717, 1.165) is 5.56 Å². The molecule has 3 N–H and O–H groups in total. The van der Waals surface area contributed by atoms with E-state index in [4.69, 9.17) is 10.1 Å². The maximum Gasteiger partial charge on any atom is 0.305 e. The zero-order valence-corrected chi connectivity index (χ0v) is 20.6. The van der Waals surface area contributed by atoms with Crippen molar-refractivity contribution in [2.75, 3.05) is 6.16 Å². The van der Waals surface area contributed by atoms with Crippen LogP contribution >= 0.6 is 7.37 Å². The zero-order chi connectivity index (χ0) is 25.8. The topological polar surface area (TPSA) is 108 Å². The van der Waals surface area contributed by atoms with E-state index in [1.807, 2.05) is 50.2 Å². The second-order valence-corrected chi connectivity index (χ2v) is 10.7. The number of carboxylic acids is 1. The van der Waals surface area contributed by atoms with Crippen LogP contribution in [0.25, 0.3) is 22.4 Å². The predicted molar refractivity (Wildman–Crippen MR) is 134 cm³/mol. The molecule has 0 fully saturated rings. The van der Waals surface area contributed by atoms with E-state index in [0.29, 0.717) is 33.6 Å². The van der Waals surface area contributed by atoms with Crippen LogP contribution in [0.4, 0.5) is 4.39 Å². The number of aliphatic hydroxyl groups excluding tert-OH is 1. The normalized spacial score (nSPS) is 13.6. The summed E-state index contributed by atoms with van der Waals surface area (Å²) in [6.07, 6.45) is -2.82. The van der Waals surface area contributed by atoms with Crippen LogP contribution in [0, 0.1) is 24.3 Å². The fourth-order valence-electron chi connectivity index (χ4n) is 3.65. The number of benzene rings is 2. The first kappa shape index (κ1) is 26.3. The van der Waals surface area contributed by atoms with Crippen molar-refractivity contribution in [2.24, 2.45) is 0 Å². The van der Waals surface area contributed by atoms with Crippen LogP contribution in [0.15, 0.2) is 54.6 Å². The molecule has 0 aliphatic rings. The Hall–Kier alpha value is -3.30. The monoisotopic (exact) mass is 495 g/mol. The number of rotatable bonds is 7. The van der Waals surface area contributed by atoms with Crippen LogP contribution in [-0.2, 0) is 9.36 Å². The van der Waals surface area contributed by atoms with Crippen molar-refractivity contribution >= 4 is 13.3 Å². The van der Waals surface area contributed by atoms with Gasteiger partial charge in [-0.05, 0) is 47.8 Å². The van der Waals surface area contributed by atoms with Crippen molar-refractivity contribution in [1.29, 1.82) is 0 Å². The SMILES string of the molecule is Cc1cc(-c2cc(-c3ccccc3)nc(C(C)C)c2C#CP(=O)(O)C[C@@H](O)CC(=O)O)ccc1F. The lowest BCUT2D eigenvalue weighted by atomic mass is 9.92. The number of nitrogens with zero attached hydrogens (tertiary/aromatic N) is 1. The smallest absolute Gasteiger partial charge is 0.305 e. The van der Waals surface area contributed by atoms with Crippen LogP contribution in [0.1, 0.15) is 43.0 Å². The molecule has 0 aliphatic carbocycles. The number of hydrogen-bond donors (Lipinski definition) is 3. The Bertz CT molecular complexity index is 1340. The number of pyridine rings is 1. The van der Waals surface area contributed by atoms with E-state index < -0.39 is 32.0 Å². The predicted octanol–water partition coefficient (Wildman–Crippen LogP) is 5.40. The van der Waals surface area contributed by atoms with Crippen molar-refractivity contribution < 1.29 is 28.9 Å². The Morgan fingerprint density at radius 1 is 1.11 bits per heavy atom. The Morgan fingerprint density at radius 3 is 2.40 bits per heavy atom.